The van der Waals surface area contributed by atoms with Gasteiger partial charge in [0.05, 0.1) is 30.4 Å². The van der Waals surface area contributed by atoms with Gasteiger partial charge >= 0.3 is 0 Å². The van der Waals surface area contributed by atoms with Gasteiger partial charge in [-0.25, -0.2) is 0 Å². The van der Waals surface area contributed by atoms with E-state index in [2.05, 4.69) is 10.1 Å². The molecule has 3 aromatic rings. The van der Waals surface area contributed by atoms with E-state index in [-0.39, 0.29) is 0 Å². The standard InChI is InChI=1S/C14H12ClN3O/c1-19-12-4-2-10(3-5-12)9-18-14-11(7-17-18)6-16-8-13(14)15/h2-8H,9H2,1H3. The van der Waals surface area contributed by atoms with Crippen LogP contribution in [0.3, 0.4) is 0 Å². The first-order valence-electron chi connectivity index (χ1n) is 5.86. The van der Waals surface area contributed by atoms with Crippen LogP contribution in [0.1, 0.15) is 5.56 Å². The monoisotopic (exact) mass is 273 g/mol. The first-order chi connectivity index (χ1) is 9.28. The molecule has 2 heterocycles. The fourth-order valence-electron chi connectivity index (χ4n) is 2.02. The Morgan fingerprint density at radius 2 is 1.95 bits per heavy atom. The summed E-state index contributed by atoms with van der Waals surface area (Å²) in [5.74, 6) is 0.844. The Bertz CT molecular complexity index is 706. The molecule has 3 rings (SSSR count). The van der Waals surface area contributed by atoms with Crippen LogP contribution >= 0.6 is 11.6 Å². The van der Waals surface area contributed by atoms with Crippen LogP contribution in [0.5, 0.6) is 5.75 Å². The van der Waals surface area contributed by atoms with Crippen molar-refractivity contribution in [1.29, 1.82) is 0 Å². The Morgan fingerprint density at radius 1 is 1.16 bits per heavy atom. The summed E-state index contributed by atoms with van der Waals surface area (Å²) < 4.78 is 7.02. The molecule has 96 valence electrons. The highest BCUT2D eigenvalue weighted by atomic mass is 35.5. The topological polar surface area (TPSA) is 39.9 Å². The van der Waals surface area contributed by atoms with Gasteiger partial charge in [-0.15, -0.1) is 0 Å². The van der Waals surface area contributed by atoms with E-state index >= 15 is 0 Å². The summed E-state index contributed by atoms with van der Waals surface area (Å²) in [5, 5.41) is 5.91. The predicted molar refractivity (Wildman–Crippen MR) is 74.6 cm³/mol. The summed E-state index contributed by atoms with van der Waals surface area (Å²) in [4.78, 5) is 4.05. The largest absolute Gasteiger partial charge is 0.497 e. The van der Waals surface area contributed by atoms with E-state index in [1.807, 2.05) is 28.9 Å². The maximum Gasteiger partial charge on any atom is 0.118 e. The van der Waals surface area contributed by atoms with Crippen molar-refractivity contribution in [2.45, 2.75) is 6.54 Å². The smallest absolute Gasteiger partial charge is 0.118 e. The maximum absolute atomic E-state index is 6.17. The normalized spacial score (nSPS) is 10.8. The molecule has 2 aromatic heterocycles. The number of fused-ring (bicyclic) bond motifs is 1. The SMILES string of the molecule is COc1ccc(Cn2ncc3cncc(Cl)c32)cc1. The Balaban J connectivity index is 1.96. The molecule has 5 heteroatoms. The highest BCUT2D eigenvalue weighted by Crippen LogP contribution is 2.22. The van der Waals surface area contributed by atoms with Gasteiger partial charge in [0.2, 0.25) is 0 Å². The molecule has 0 fully saturated rings. The number of halogens is 1. The van der Waals surface area contributed by atoms with Gasteiger partial charge in [0.1, 0.15) is 5.75 Å². The van der Waals surface area contributed by atoms with Crippen molar-refractivity contribution >= 4 is 22.5 Å². The second-order valence-corrected chi connectivity index (χ2v) is 4.62. The fraction of sp³-hybridized carbons (Fsp3) is 0.143. The Morgan fingerprint density at radius 3 is 2.68 bits per heavy atom. The summed E-state index contributed by atoms with van der Waals surface area (Å²) in [7, 11) is 1.66. The van der Waals surface area contributed by atoms with E-state index in [0.717, 1.165) is 22.2 Å². The lowest BCUT2D eigenvalue weighted by atomic mass is 10.2. The van der Waals surface area contributed by atoms with Crippen molar-refractivity contribution in [1.82, 2.24) is 14.8 Å². The number of rotatable bonds is 3. The van der Waals surface area contributed by atoms with E-state index in [0.29, 0.717) is 11.6 Å². The average Bonchev–Trinajstić information content (AvgIpc) is 2.84. The third-order valence-corrected chi connectivity index (χ3v) is 3.26. The molecule has 0 bridgehead atoms. The number of hydrogen-bond acceptors (Lipinski definition) is 3. The average molecular weight is 274 g/mol. The minimum atomic E-state index is 0.614. The number of aromatic nitrogens is 3. The molecule has 19 heavy (non-hydrogen) atoms. The summed E-state index contributed by atoms with van der Waals surface area (Å²) in [6.07, 6.45) is 5.17. The minimum Gasteiger partial charge on any atom is -0.497 e. The molecule has 4 nitrogen and oxygen atoms in total. The van der Waals surface area contributed by atoms with Gasteiger partial charge in [0, 0.05) is 17.8 Å². The molecule has 0 aliphatic carbocycles. The zero-order valence-electron chi connectivity index (χ0n) is 10.4. The lowest BCUT2D eigenvalue weighted by Gasteiger charge is -2.06. The maximum atomic E-state index is 6.17. The molecule has 0 saturated heterocycles. The summed E-state index contributed by atoms with van der Waals surface area (Å²) >= 11 is 6.17. The zero-order chi connectivity index (χ0) is 13.2. The van der Waals surface area contributed by atoms with Crippen molar-refractivity contribution in [2.24, 2.45) is 0 Å². The molecule has 0 unspecified atom stereocenters. The molecule has 1 aromatic carbocycles. The van der Waals surface area contributed by atoms with Crippen LogP contribution in [0.4, 0.5) is 0 Å². The van der Waals surface area contributed by atoms with Crippen LogP contribution in [0.2, 0.25) is 5.02 Å². The fourth-order valence-corrected chi connectivity index (χ4v) is 2.29. The Hall–Kier alpha value is -2.07. The second kappa shape index (κ2) is 4.90. The third-order valence-electron chi connectivity index (χ3n) is 2.99. The van der Waals surface area contributed by atoms with Gasteiger partial charge < -0.3 is 4.74 Å². The van der Waals surface area contributed by atoms with E-state index < -0.39 is 0 Å². The molecule has 0 amide bonds. The van der Waals surface area contributed by atoms with Crippen molar-refractivity contribution in [3.05, 3.63) is 53.4 Å². The van der Waals surface area contributed by atoms with Crippen LogP contribution in [-0.2, 0) is 6.54 Å². The van der Waals surface area contributed by atoms with E-state index in [9.17, 15) is 0 Å². The highest BCUT2D eigenvalue weighted by molar-refractivity contribution is 6.34. The molecule has 0 saturated carbocycles. The van der Waals surface area contributed by atoms with E-state index in [1.165, 1.54) is 0 Å². The van der Waals surface area contributed by atoms with Crippen LogP contribution in [0, 0.1) is 0 Å². The first kappa shape index (κ1) is 12.0. The molecular weight excluding hydrogens is 262 g/mol. The van der Waals surface area contributed by atoms with Crippen LogP contribution < -0.4 is 4.74 Å². The molecule has 0 radical (unpaired) electrons. The molecule has 0 spiro atoms. The number of ether oxygens (including phenoxy) is 1. The quantitative estimate of drug-likeness (QED) is 0.736. The summed E-state index contributed by atoms with van der Waals surface area (Å²) in [6.45, 7) is 0.664. The number of benzene rings is 1. The van der Waals surface area contributed by atoms with Crippen molar-refractivity contribution in [2.75, 3.05) is 7.11 Å². The lowest BCUT2D eigenvalue weighted by molar-refractivity contribution is 0.414. The minimum absolute atomic E-state index is 0.614. The van der Waals surface area contributed by atoms with Crippen LogP contribution in [0.15, 0.2) is 42.9 Å². The molecule has 0 aliphatic rings. The number of pyridine rings is 1. The van der Waals surface area contributed by atoms with Crippen molar-refractivity contribution in [3.63, 3.8) is 0 Å². The second-order valence-electron chi connectivity index (χ2n) is 4.21. The Kier molecular flexibility index (Phi) is 3.09. The number of nitrogens with zero attached hydrogens (tertiary/aromatic N) is 3. The Labute approximate surface area is 115 Å². The van der Waals surface area contributed by atoms with Crippen LogP contribution in [-0.4, -0.2) is 21.9 Å². The van der Waals surface area contributed by atoms with Gasteiger partial charge in [-0.3, -0.25) is 9.67 Å². The van der Waals surface area contributed by atoms with E-state index in [1.54, 1.807) is 25.7 Å². The molecule has 0 N–H and O–H groups in total. The van der Waals surface area contributed by atoms with Crippen molar-refractivity contribution in [3.8, 4) is 5.75 Å². The third kappa shape index (κ3) is 2.27. The van der Waals surface area contributed by atoms with E-state index in [4.69, 9.17) is 16.3 Å². The van der Waals surface area contributed by atoms with Gasteiger partial charge in [-0.1, -0.05) is 23.7 Å². The summed E-state index contributed by atoms with van der Waals surface area (Å²) in [6, 6.07) is 7.90. The van der Waals surface area contributed by atoms with Crippen molar-refractivity contribution < 1.29 is 4.74 Å². The van der Waals surface area contributed by atoms with Gasteiger partial charge in [-0.2, -0.15) is 5.10 Å². The predicted octanol–water partition coefficient (Wildman–Crippen LogP) is 3.14. The molecular formula is C14H12ClN3O. The van der Waals surface area contributed by atoms with Gasteiger partial charge in [0.15, 0.2) is 0 Å². The van der Waals surface area contributed by atoms with Gasteiger partial charge in [0.25, 0.3) is 0 Å². The number of hydrogen-bond donors (Lipinski definition) is 0. The number of methoxy groups -OCH3 is 1. The molecule has 0 atom stereocenters. The molecule has 0 aliphatic heterocycles. The van der Waals surface area contributed by atoms with Gasteiger partial charge in [-0.05, 0) is 17.7 Å². The lowest BCUT2D eigenvalue weighted by Crippen LogP contribution is -2.01. The first-order valence-corrected chi connectivity index (χ1v) is 6.23. The summed E-state index contributed by atoms with van der Waals surface area (Å²) in [5.41, 5.74) is 2.05. The highest BCUT2D eigenvalue weighted by Gasteiger charge is 2.07. The van der Waals surface area contributed by atoms with Crippen LogP contribution in [0.25, 0.3) is 10.9 Å². The zero-order valence-corrected chi connectivity index (χ0v) is 11.1.